The number of hydrogen-bond donors (Lipinski definition) is 1. The van der Waals surface area contributed by atoms with Crippen LogP contribution in [0.3, 0.4) is 0 Å². The van der Waals surface area contributed by atoms with Crippen molar-refractivity contribution in [1.82, 2.24) is 9.80 Å². The van der Waals surface area contributed by atoms with E-state index in [1.165, 1.54) is 0 Å². The summed E-state index contributed by atoms with van der Waals surface area (Å²) in [6.07, 6.45) is 9.60. The Bertz CT molecular complexity index is 1250. The van der Waals surface area contributed by atoms with Gasteiger partial charge in [-0.3, -0.25) is 14.4 Å². The SMILES string of the molecule is CCCN1CC=C[C@@]2(CC)O[C@]34C=CCN(c5c(C)cccc5C)C(=O)C3N([C@@H](CO)CC(C)C)C(=O)[C@@H]4[C@H]2C1=O. The molecule has 0 aromatic heterocycles. The summed E-state index contributed by atoms with van der Waals surface area (Å²) >= 11 is 0. The van der Waals surface area contributed by atoms with Crippen molar-refractivity contribution in [2.24, 2.45) is 17.8 Å². The van der Waals surface area contributed by atoms with E-state index in [-0.39, 0.29) is 30.2 Å². The quantitative estimate of drug-likeness (QED) is 0.487. The van der Waals surface area contributed by atoms with Crippen molar-refractivity contribution in [3.05, 3.63) is 53.6 Å². The number of para-hydroxylation sites is 1. The molecule has 0 saturated carbocycles. The van der Waals surface area contributed by atoms with Gasteiger partial charge < -0.3 is 24.5 Å². The molecule has 0 bridgehead atoms. The zero-order valence-electron chi connectivity index (χ0n) is 25.3. The Morgan fingerprint density at radius 1 is 0.976 bits per heavy atom. The molecule has 6 atom stereocenters. The van der Waals surface area contributed by atoms with Crippen LogP contribution in [0.15, 0.2) is 42.5 Å². The number of fused-ring (bicyclic) bond motifs is 2. The second-order valence-electron chi connectivity index (χ2n) is 12.6. The number of anilines is 1. The third-order valence-electron chi connectivity index (χ3n) is 9.51. The van der Waals surface area contributed by atoms with E-state index in [4.69, 9.17) is 4.74 Å². The molecule has 5 rings (SSSR count). The van der Waals surface area contributed by atoms with E-state index in [0.717, 1.165) is 23.2 Å². The maximum absolute atomic E-state index is 14.9. The van der Waals surface area contributed by atoms with Gasteiger partial charge in [-0.1, -0.05) is 70.2 Å². The molecule has 1 spiro atoms. The van der Waals surface area contributed by atoms with Crippen molar-refractivity contribution in [3.8, 4) is 0 Å². The number of aryl methyl sites for hydroxylation is 2. The van der Waals surface area contributed by atoms with Gasteiger partial charge in [-0.15, -0.1) is 0 Å². The summed E-state index contributed by atoms with van der Waals surface area (Å²) in [5.74, 6) is -2.08. The lowest BCUT2D eigenvalue weighted by Gasteiger charge is -2.41. The fourth-order valence-corrected chi connectivity index (χ4v) is 7.87. The minimum Gasteiger partial charge on any atom is -0.394 e. The number of likely N-dealkylation sites (tertiary alicyclic amines) is 1. The van der Waals surface area contributed by atoms with Crippen LogP contribution in [0.4, 0.5) is 5.69 Å². The fraction of sp³-hybridized carbons (Fsp3) is 0.606. The maximum Gasteiger partial charge on any atom is 0.253 e. The summed E-state index contributed by atoms with van der Waals surface area (Å²) < 4.78 is 7.08. The summed E-state index contributed by atoms with van der Waals surface area (Å²) in [5.41, 5.74) is 0.413. The van der Waals surface area contributed by atoms with Gasteiger partial charge in [0.1, 0.15) is 11.6 Å². The van der Waals surface area contributed by atoms with Crippen LogP contribution in [0.2, 0.25) is 0 Å². The van der Waals surface area contributed by atoms with Crippen molar-refractivity contribution < 1.29 is 24.2 Å². The van der Waals surface area contributed by atoms with Gasteiger partial charge in [0.15, 0.2) is 0 Å². The highest BCUT2D eigenvalue weighted by molar-refractivity contribution is 6.06. The van der Waals surface area contributed by atoms with E-state index >= 15 is 0 Å². The Morgan fingerprint density at radius 2 is 1.66 bits per heavy atom. The molecule has 1 aromatic rings. The van der Waals surface area contributed by atoms with Crippen LogP contribution in [0.1, 0.15) is 58.1 Å². The van der Waals surface area contributed by atoms with Gasteiger partial charge in [0.05, 0.1) is 30.1 Å². The number of aliphatic hydroxyl groups excluding tert-OH is 1. The molecule has 4 aliphatic heterocycles. The lowest BCUT2D eigenvalue weighted by Crippen LogP contribution is -2.59. The predicted molar refractivity (Wildman–Crippen MR) is 158 cm³/mol. The van der Waals surface area contributed by atoms with E-state index in [2.05, 4.69) is 0 Å². The zero-order valence-corrected chi connectivity index (χ0v) is 25.3. The Morgan fingerprint density at radius 3 is 2.27 bits per heavy atom. The van der Waals surface area contributed by atoms with E-state index in [0.29, 0.717) is 32.5 Å². The van der Waals surface area contributed by atoms with Crippen LogP contribution in [-0.2, 0) is 19.1 Å². The Kier molecular flexibility index (Phi) is 7.94. The minimum absolute atomic E-state index is 0.101. The second kappa shape index (κ2) is 11.0. The summed E-state index contributed by atoms with van der Waals surface area (Å²) in [5, 5.41) is 10.6. The van der Waals surface area contributed by atoms with E-state index in [9.17, 15) is 19.5 Å². The highest BCUT2D eigenvalue weighted by Gasteiger charge is 2.76. The third kappa shape index (κ3) is 4.45. The number of nitrogens with zero attached hydrogens (tertiary/aromatic N) is 3. The van der Waals surface area contributed by atoms with Crippen LogP contribution >= 0.6 is 0 Å². The normalized spacial score (nSPS) is 31.9. The first-order valence-electron chi connectivity index (χ1n) is 15.2. The molecular weight excluding hydrogens is 518 g/mol. The number of aliphatic hydroxyl groups is 1. The van der Waals surface area contributed by atoms with Crippen LogP contribution in [0, 0.1) is 31.6 Å². The molecule has 1 aromatic carbocycles. The second-order valence-corrected chi connectivity index (χ2v) is 12.6. The van der Waals surface area contributed by atoms with Crippen LogP contribution < -0.4 is 4.90 Å². The molecule has 41 heavy (non-hydrogen) atoms. The van der Waals surface area contributed by atoms with Gasteiger partial charge in [-0.25, -0.2) is 0 Å². The molecule has 8 heteroatoms. The van der Waals surface area contributed by atoms with Gasteiger partial charge in [-0.05, 0) is 50.2 Å². The summed E-state index contributed by atoms with van der Waals surface area (Å²) in [7, 11) is 0. The number of amides is 3. The molecule has 1 unspecified atom stereocenters. The molecule has 8 nitrogen and oxygen atoms in total. The van der Waals surface area contributed by atoms with Crippen molar-refractivity contribution in [1.29, 1.82) is 0 Å². The molecule has 0 aliphatic carbocycles. The Labute approximate surface area is 244 Å². The number of carbonyl (C=O) groups is 3. The van der Waals surface area contributed by atoms with Crippen LogP contribution in [0.25, 0.3) is 0 Å². The molecule has 4 aliphatic rings. The highest BCUT2D eigenvalue weighted by Crippen LogP contribution is 2.59. The van der Waals surface area contributed by atoms with E-state index in [1.807, 2.05) is 88.9 Å². The monoisotopic (exact) mass is 563 g/mol. The lowest BCUT2D eigenvalue weighted by molar-refractivity contribution is -0.153. The van der Waals surface area contributed by atoms with Crippen molar-refractivity contribution in [3.63, 3.8) is 0 Å². The van der Waals surface area contributed by atoms with Gasteiger partial charge in [0, 0.05) is 25.3 Å². The largest absolute Gasteiger partial charge is 0.394 e. The maximum atomic E-state index is 14.9. The van der Waals surface area contributed by atoms with Gasteiger partial charge in [0.25, 0.3) is 5.91 Å². The Balaban J connectivity index is 1.71. The first-order chi connectivity index (χ1) is 19.6. The molecule has 2 saturated heterocycles. The van der Waals surface area contributed by atoms with Crippen LogP contribution in [0.5, 0.6) is 0 Å². The molecule has 1 N–H and O–H groups in total. The van der Waals surface area contributed by atoms with Crippen molar-refractivity contribution in [2.75, 3.05) is 31.1 Å². The third-order valence-corrected chi connectivity index (χ3v) is 9.51. The average molecular weight is 564 g/mol. The standard InChI is InChI=1S/C33H45N3O5/c1-7-16-34-17-10-14-32(8-2)25(29(34)38)26-30(39)36(24(20-37)19-21(3)4)28-31(40)35(18-11-15-33(26,28)41-32)27-22(5)12-9-13-23(27)6/h9-15,21,24-26,28,37H,7-8,16-20H2,1-6H3/t24-,25+,26+,28?,32-,33+/m1/s1. The molecular formula is C33H45N3O5. The van der Waals surface area contributed by atoms with Crippen molar-refractivity contribution >= 4 is 23.4 Å². The number of benzene rings is 1. The number of hydrogen-bond acceptors (Lipinski definition) is 5. The van der Waals surface area contributed by atoms with Crippen LogP contribution in [-0.4, -0.2) is 82.2 Å². The predicted octanol–water partition coefficient (Wildman–Crippen LogP) is 3.78. The first-order valence-corrected chi connectivity index (χ1v) is 15.2. The minimum atomic E-state index is -1.33. The lowest BCUT2D eigenvalue weighted by atomic mass is 9.73. The summed E-state index contributed by atoms with van der Waals surface area (Å²) in [6.45, 7) is 13.2. The zero-order chi connectivity index (χ0) is 29.7. The molecule has 222 valence electrons. The molecule has 4 heterocycles. The van der Waals surface area contributed by atoms with Crippen molar-refractivity contribution in [2.45, 2.75) is 84.1 Å². The number of ether oxygens (including phenoxy) is 1. The molecule has 3 amide bonds. The van der Waals surface area contributed by atoms with Gasteiger partial charge in [-0.2, -0.15) is 0 Å². The first kappa shape index (κ1) is 29.5. The highest BCUT2D eigenvalue weighted by atomic mass is 16.5. The summed E-state index contributed by atoms with van der Waals surface area (Å²) in [6, 6.07) is 4.35. The van der Waals surface area contributed by atoms with E-state index in [1.54, 1.807) is 9.80 Å². The Hall–Kier alpha value is -2.97. The smallest absolute Gasteiger partial charge is 0.253 e. The number of rotatable bonds is 8. The van der Waals surface area contributed by atoms with Gasteiger partial charge in [0.2, 0.25) is 11.8 Å². The topological polar surface area (TPSA) is 90.4 Å². The average Bonchev–Trinajstić information content (AvgIpc) is 3.23. The number of carbonyl (C=O) groups excluding carboxylic acids is 3. The molecule has 2 fully saturated rings. The molecule has 0 radical (unpaired) electrons. The van der Waals surface area contributed by atoms with E-state index < -0.39 is 35.1 Å². The summed E-state index contributed by atoms with van der Waals surface area (Å²) in [4.78, 5) is 49.0. The van der Waals surface area contributed by atoms with Gasteiger partial charge >= 0.3 is 0 Å². The fourth-order valence-electron chi connectivity index (χ4n) is 7.87.